The van der Waals surface area contributed by atoms with Crippen LogP contribution in [0.1, 0.15) is 31.3 Å². The Kier molecular flexibility index (Phi) is 3.04. The van der Waals surface area contributed by atoms with E-state index in [9.17, 15) is 0 Å². The molecule has 17 heavy (non-hydrogen) atoms. The highest BCUT2D eigenvalue weighted by Gasteiger charge is 2.21. The highest BCUT2D eigenvalue weighted by atomic mass is 35.5. The van der Waals surface area contributed by atoms with E-state index < -0.39 is 0 Å². The van der Waals surface area contributed by atoms with Gasteiger partial charge in [0.15, 0.2) is 0 Å². The molecule has 90 valence electrons. The van der Waals surface area contributed by atoms with Crippen LogP contribution in [0.5, 0.6) is 0 Å². The molecule has 0 spiro atoms. The van der Waals surface area contributed by atoms with Crippen molar-refractivity contribution in [3.63, 3.8) is 0 Å². The maximum absolute atomic E-state index is 5.98. The zero-order valence-corrected chi connectivity index (χ0v) is 10.4. The summed E-state index contributed by atoms with van der Waals surface area (Å²) in [5.41, 5.74) is 2.12. The van der Waals surface area contributed by atoms with E-state index in [1.165, 1.54) is 6.42 Å². The zero-order chi connectivity index (χ0) is 11.7. The fourth-order valence-corrected chi connectivity index (χ4v) is 2.63. The molecule has 4 heteroatoms. The lowest BCUT2D eigenvalue weighted by atomic mass is 10.2. The molecule has 0 N–H and O–H groups in total. The van der Waals surface area contributed by atoms with Crippen LogP contribution in [0.2, 0.25) is 0 Å². The number of imidazole rings is 1. The molecule has 1 aromatic heterocycles. The molecule has 0 saturated carbocycles. The van der Waals surface area contributed by atoms with Crippen molar-refractivity contribution in [2.24, 2.45) is 0 Å². The number of halogens is 1. The first-order chi connectivity index (χ1) is 8.40. The Morgan fingerprint density at radius 2 is 2.24 bits per heavy atom. The first-order valence-electron chi connectivity index (χ1n) is 6.03. The second kappa shape index (κ2) is 4.67. The van der Waals surface area contributed by atoms with E-state index in [1.807, 2.05) is 18.2 Å². The number of hydrogen-bond donors (Lipinski definition) is 0. The van der Waals surface area contributed by atoms with Gasteiger partial charge in [0.25, 0.3) is 0 Å². The van der Waals surface area contributed by atoms with E-state index in [0.29, 0.717) is 5.88 Å². The molecule has 3 nitrogen and oxygen atoms in total. The lowest BCUT2D eigenvalue weighted by Crippen LogP contribution is -2.19. The van der Waals surface area contributed by atoms with E-state index in [0.717, 1.165) is 36.3 Å². The van der Waals surface area contributed by atoms with E-state index in [-0.39, 0.29) is 6.23 Å². The van der Waals surface area contributed by atoms with Crippen LogP contribution < -0.4 is 0 Å². The van der Waals surface area contributed by atoms with Crippen molar-refractivity contribution in [1.29, 1.82) is 0 Å². The smallest absolute Gasteiger partial charge is 0.135 e. The van der Waals surface area contributed by atoms with Gasteiger partial charge in [-0.3, -0.25) is 4.57 Å². The fraction of sp³-hybridized carbons (Fsp3) is 0.462. The molecule has 1 aliphatic rings. The normalized spacial score (nSPS) is 20.9. The molecule has 0 bridgehead atoms. The van der Waals surface area contributed by atoms with Gasteiger partial charge in [-0.1, -0.05) is 12.1 Å². The third-order valence-corrected chi connectivity index (χ3v) is 3.47. The van der Waals surface area contributed by atoms with Gasteiger partial charge < -0.3 is 4.74 Å². The summed E-state index contributed by atoms with van der Waals surface area (Å²) in [6.45, 7) is 0.832. The van der Waals surface area contributed by atoms with Gasteiger partial charge in [-0.15, -0.1) is 11.6 Å². The van der Waals surface area contributed by atoms with Crippen LogP contribution in [-0.2, 0) is 10.6 Å². The van der Waals surface area contributed by atoms with Crippen LogP contribution in [0.3, 0.4) is 0 Å². The summed E-state index contributed by atoms with van der Waals surface area (Å²) < 4.78 is 7.99. The molecule has 2 heterocycles. The van der Waals surface area contributed by atoms with Crippen molar-refractivity contribution >= 4 is 22.6 Å². The summed E-state index contributed by atoms with van der Waals surface area (Å²) in [7, 11) is 0. The molecule has 2 aromatic rings. The quantitative estimate of drug-likeness (QED) is 0.763. The van der Waals surface area contributed by atoms with Gasteiger partial charge in [0.1, 0.15) is 12.1 Å². The van der Waals surface area contributed by atoms with Crippen LogP contribution in [0.25, 0.3) is 11.0 Å². The van der Waals surface area contributed by atoms with Gasteiger partial charge in [0.2, 0.25) is 0 Å². The number of aromatic nitrogens is 2. The van der Waals surface area contributed by atoms with Gasteiger partial charge in [0, 0.05) is 6.61 Å². The van der Waals surface area contributed by atoms with E-state index >= 15 is 0 Å². The van der Waals surface area contributed by atoms with Crippen molar-refractivity contribution in [3.05, 3.63) is 30.1 Å². The van der Waals surface area contributed by atoms with Crippen LogP contribution in [-0.4, -0.2) is 16.2 Å². The lowest BCUT2D eigenvalue weighted by molar-refractivity contribution is -0.0307. The molecule has 1 unspecified atom stereocenters. The maximum atomic E-state index is 5.98. The number of para-hydroxylation sites is 2. The number of benzene rings is 1. The van der Waals surface area contributed by atoms with Gasteiger partial charge in [-0.25, -0.2) is 4.98 Å². The average molecular weight is 251 g/mol. The molecule has 1 atom stereocenters. The number of alkyl halides is 1. The van der Waals surface area contributed by atoms with Crippen molar-refractivity contribution < 1.29 is 4.74 Å². The number of fused-ring (bicyclic) bond motifs is 1. The van der Waals surface area contributed by atoms with Crippen molar-refractivity contribution in [2.75, 3.05) is 6.61 Å². The van der Waals surface area contributed by atoms with Crippen LogP contribution >= 0.6 is 11.6 Å². The summed E-state index contributed by atoms with van der Waals surface area (Å²) >= 11 is 5.98. The summed E-state index contributed by atoms with van der Waals surface area (Å²) in [5, 5.41) is 0. The minimum Gasteiger partial charge on any atom is -0.358 e. The molecule has 3 rings (SSSR count). The Morgan fingerprint density at radius 1 is 1.35 bits per heavy atom. The average Bonchev–Trinajstić information content (AvgIpc) is 2.78. The Bertz CT molecular complexity index is 517. The van der Waals surface area contributed by atoms with E-state index in [2.05, 4.69) is 15.6 Å². The molecule has 0 radical (unpaired) electrons. The third kappa shape index (κ3) is 1.94. The molecule has 0 aliphatic carbocycles. The van der Waals surface area contributed by atoms with E-state index in [1.54, 1.807) is 0 Å². The van der Waals surface area contributed by atoms with Gasteiger partial charge in [0.05, 0.1) is 16.9 Å². The topological polar surface area (TPSA) is 27.1 Å². The molecular weight excluding hydrogens is 236 g/mol. The SMILES string of the molecule is ClCc1nc2ccccc2n1C1CCCCO1. The van der Waals surface area contributed by atoms with Crippen LogP contribution in [0.15, 0.2) is 24.3 Å². The van der Waals surface area contributed by atoms with Crippen molar-refractivity contribution in [1.82, 2.24) is 9.55 Å². The number of rotatable bonds is 2. The summed E-state index contributed by atoms with van der Waals surface area (Å²) in [5.74, 6) is 1.33. The van der Waals surface area contributed by atoms with Crippen molar-refractivity contribution in [2.45, 2.75) is 31.4 Å². The lowest BCUT2D eigenvalue weighted by Gasteiger charge is -2.25. The summed E-state index contributed by atoms with van der Waals surface area (Å²) in [4.78, 5) is 4.56. The predicted molar refractivity (Wildman–Crippen MR) is 68.1 cm³/mol. The molecular formula is C13H15ClN2O. The monoisotopic (exact) mass is 250 g/mol. The second-order valence-electron chi connectivity index (χ2n) is 4.34. The minimum absolute atomic E-state index is 0.102. The number of hydrogen-bond acceptors (Lipinski definition) is 2. The predicted octanol–water partition coefficient (Wildman–Crippen LogP) is 3.47. The number of nitrogens with zero attached hydrogens (tertiary/aromatic N) is 2. The summed E-state index contributed by atoms with van der Waals surface area (Å²) in [6.07, 6.45) is 3.51. The largest absolute Gasteiger partial charge is 0.358 e. The first-order valence-corrected chi connectivity index (χ1v) is 6.57. The minimum atomic E-state index is 0.102. The first kappa shape index (κ1) is 11.1. The van der Waals surface area contributed by atoms with Crippen LogP contribution in [0, 0.1) is 0 Å². The molecule has 1 saturated heterocycles. The maximum Gasteiger partial charge on any atom is 0.135 e. The third-order valence-electron chi connectivity index (χ3n) is 3.23. The van der Waals surface area contributed by atoms with Crippen LogP contribution in [0.4, 0.5) is 0 Å². The fourth-order valence-electron chi connectivity index (χ4n) is 2.44. The Balaban J connectivity index is 2.11. The van der Waals surface area contributed by atoms with Gasteiger partial charge >= 0.3 is 0 Å². The molecule has 1 fully saturated rings. The molecule has 1 aliphatic heterocycles. The highest BCUT2D eigenvalue weighted by Crippen LogP contribution is 2.29. The van der Waals surface area contributed by atoms with Gasteiger partial charge in [-0.2, -0.15) is 0 Å². The number of ether oxygens (including phenoxy) is 1. The summed E-state index contributed by atoms with van der Waals surface area (Å²) in [6, 6.07) is 8.13. The van der Waals surface area contributed by atoms with Crippen molar-refractivity contribution in [3.8, 4) is 0 Å². The molecule has 0 amide bonds. The highest BCUT2D eigenvalue weighted by molar-refractivity contribution is 6.16. The Morgan fingerprint density at radius 3 is 3.00 bits per heavy atom. The molecule has 1 aromatic carbocycles. The van der Waals surface area contributed by atoms with E-state index in [4.69, 9.17) is 16.3 Å². The Labute approximate surface area is 105 Å². The zero-order valence-electron chi connectivity index (χ0n) is 9.60. The standard InChI is InChI=1S/C13H15ClN2O/c14-9-12-15-10-5-1-2-6-11(10)16(12)13-7-3-4-8-17-13/h1-2,5-6,13H,3-4,7-9H2. The second-order valence-corrected chi connectivity index (χ2v) is 4.61. The van der Waals surface area contributed by atoms with Gasteiger partial charge in [-0.05, 0) is 31.4 Å². The Hall–Kier alpha value is -1.06.